The SMILES string of the molecule is [2H]C([2H])([2H])C([2H])(NCC([2H])(O)C([2H])([2H])Oc1ccc(CCOCC2([2H])C([2H])([2H])C2([2H])[2H])cc1)C([2H])([2H])[2H]. The van der Waals surface area contributed by atoms with Crippen LogP contribution in [0.5, 0.6) is 5.75 Å². The van der Waals surface area contributed by atoms with Crippen molar-refractivity contribution in [2.45, 2.75) is 45.0 Å². The van der Waals surface area contributed by atoms with Gasteiger partial charge in [-0.2, -0.15) is 0 Å². The summed E-state index contributed by atoms with van der Waals surface area (Å²) in [5, 5.41) is 12.1. The third kappa shape index (κ3) is 7.25. The summed E-state index contributed by atoms with van der Waals surface area (Å²) in [6, 6.07) is 2.33. The number of benzene rings is 1. The summed E-state index contributed by atoms with van der Waals surface area (Å²) >= 11 is 0. The highest BCUT2D eigenvalue weighted by Crippen LogP contribution is 2.28. The minimum absolute atomic E-state index is 0.0494. The van der Waals surface area contributed by atoms with Gasteiger partial charge in [0.15, 0.2) is 0 Å². The normalized spacial score (nSPS) is 35.8. The van der Waals surface area contributed by atoms with Gasteiger partial charge in [0.05, 0.1) is 10.7 Å². The quantitative estimate of drug-likeness (QED) is 0.614. The van der Waals surface area contributed by atoms with Crippen LogP contribution in [0.2, 0.25) is 0 Å². The first-order valence-electron chi connectivity index (χ1n) is 14.2. The lowest BCUT2D eigenvalue weighted by atomic mass is 10.1. The van der Waals surface area contributed by atoms with Gasteiger partial charge in [-0.05, 0) is 42.8 Å². The van der Waals surface area contributed by atoms with Crippen LogP contribution in [0.3, 0.4) is 0 Å². The van der Waals surface area contributed by atoms with E-state index < -0.39 is 64.2 Å². The second-order valence-electron chi connectivity index (χ2n) is 4.55. The van der Waals surface area contributed by atoms with Crippen LogP contribution in [0, 0.1) is 5.89 Å². The summed E-state index contributed by atoms with van der Waals surface area (Å²) in [5.74, 6) is -2.12. The van der Waals surface area contributed by atoms with E-state index in [9.17, 15) is 5.11 Å². The first-order chi connectivity index (χ1) is 16.4. The highest BCUT2D eigenvalue weighted by Gasteiger charge is 2.20. The van der Waals surface area contributed by atoms with Crippen molar-refractivity contribution in [1.82, 2.24) is 5.32 Å². The summed E-state index contributed by atoms with van der Waals surface area (Å²) in [6.07, 6.45) is -7.53. The Bertz CT molecular complexity index is 915. The van der Waals surface area contributed by atoms with E-state index in [1.165, 1.54) is 24.3 Å². The Balaban J connectivity index is 1.95. The van der Waals surface area contributed by atoms with Gasteiger partial charge in [-0.1, -0.05) is 25.8 Å². The zero-order chi connectivity index (χ0) is 28.9. The van der Waals surface area contributed by atoms with Gasteiger partial charge in [0, 0.05) is 35.6 Å². The van der Waals surface area contributed by atoms with Gasteiger partial charge in [-0.3, -0.25) is 0 Å². The standard InChI is InChI=1S/C18H29NO3/c1-14(2)19-11-17(20)13-22-18-7-5-15(6-8-18)9-10-21-12-16-3-4-16/h5-8,14,16-17,19-20H,3-4,9-13H2,1-2H3/i1D3,2D3,3D2,4D2,13D2,14D,16D,17D. The molecule has 124 valence electrons. The van der Waals surface area contributed by atoms with E-state index in [4.69, 9.17) is 30.0 Å². The topological polar surface area (TPSA) is 50.7 Å². The molecule has 4 nitrogen and oxygen atoms in total. The Morgan fingerprint density at radius 2 is 2.27 bits per heavy atom. The van der Waals surface area contributed by atoms with E-state index in [0.717, 1.165) is 0 Å². The van der Waals surface area contributed by atoms with E-state index in [-0.39, 0.29) is 18.8 Å². The van der Waals surface area contributed by atoms with Crippen LogP contribution in [-0.4, -0.2) is 43.5 Å². The second-order valence-corrected chi connectivity index (χ2v) is 4.55. The molecule has 0 amide bonds. The first-order valence-corrected chi connectivity index (χ1v) is 6.69. The van der Waals surface area contributed by atoms with Crippen LogP contribution in [0.1, 0.15) is 52.6 Å². The Morgan fingerprint density at radius 3 is 2.95 bits per heavy atom. The van der Waals surface area contributed by atoms with Crippen LogP contribution >= 0.6 is 0 Å². The number of hydrogen-bond acceptors (Lipinski definition) is 4. The largest absolute Gasteiger partial charge is 0.491 e. The van der Waals surface area contributed by atoms with E-state index in [1.54, 1.807) is 5.32 Å². The van der Waals surface area contributed by atoms with Gasteiger partial charge in [0.25, 0.3) is 0 Å². The maximum atomic E-state index is 10.3. The van der Waals surface area contributed by atoms with Crippen molar-refractivity contribution < 1.29 is 35.1 Å². The van der Waals surface area contributed by atoms with Crippen LogP contribution in [0.25, 0.3) is 0 Å². The average Bonchev–Trinajstić information content (AvgIpc) is 3.04. The monoisotopic (exact) mass is 322 g/mol. The molecule has 1 aromatic rings. The lowest BCUT2D eigenvalue weighted by Gasteiger charge is -2.15. The number of aliphatic hydroxyl groups is 1. The molecule has 1 fully saturated rings. The fraction of sp³-hybridized carbons (Fsp3) is 0.667. The van der Waals surface area contributed by atoms with Gasteiger partial charge in [0.2, 0.25) is 0 Å². The third-order valence-electron chi connectivity index (χ3n) is 2.73. The van der Waals surface area contributed by atoms with Crippen LogP contribution in [0.4, 0.5) is 0 Å². The van der Waals surface area contributed by atoms with Crippen LogP contribution in [-0.2, 0) is 11.2 Å². The molecule has 1 aliphatic carbocycles. The summed E-state index contributed by atoms with van der Waals surface area (Å²) in [7, 11) is 0. The minimum atomic E-state index is -3.39. The molecular formula is C18H29NO3. The van der Waals surface area contributed by atoms with Gasteiger partial charge in [-0.15, -0.1) is 0 Å². The van der Waals surface area contributed by atoms with Crippen LogP contribution in [0.15, 0.2) is 24.3 Å². The predicted molar refractivity (Wildman–Crippen MR) is 88.3 cm³/mol. The third-order valence-corrected chi connectivity index (χ3v) is 2.73. The molecule has 0 aromatic heterocycles. The zero-order valence-electron chi connectivity index (χ0n) is 26.9. The number of rotatable bonds is 11. The van der Waals surface area contributed by atoms with Crippen molar-refractivity contribution in [2.75, 3.05) is 26.3 Å². The fourth-order valence-corrected chi connectivity index (χ4v) is 1.53. The van der Waals surface area contributed by atoms with Gasteiger partial charge in [-0.25, -0.2) is 0 Å². The molecule has 0 spiro atoms. The number of hydrogen-bond donors (Lipinski definition) is 2. The van der Waals surface area contributed by atoms with E-state index in [0.29, 0.717) is 5.56 Å². The summed E-state index contributed by atoms with van der Waals surface area (Å²) in [5.41, 5.74) is 0.658. The molecule has 1 unspecified atom stereocenters. The molecule has 1 atom stereocenters. The highest BCUT2D eigenvalue weighted by atomic mass is 16.5. The van der Waals surface area contributed by atoms with E-state index in [2.05, 4.69) is 0 Å². The molecule has 2 rings (SSSR count). The molecule has 1 aliphatic rings. The van der Waals surface area contributed by atoms with E-state index in [1.807, 2.05) is 0 Å². The lowest BCUT2D eigenvalue weighted by Crippen LogP contribution is -2.35. The average molecular weight is 323 g/mol. The molecule has 0 radical (unpaired) electrons. The first kappa shape index (κ1) is 6.08. The lowest BCUT2D eigenvalue weighted by molar-refractivity contribution is 0.104. The maximum absolute atomic E-state index is 10.3. The molecule has 4 heteroatoms. The van der Waals surface area contributed by atoms with Crippen molar-refractivity contribution in [3.05, 3.63) is 29.8 Å². The smallest absolute Gasteiger partial charge is 0.119 e. The Labute approximate surface area is 154 Å². The molecule has 0 heterocycles. The summed E-state index contributed by atoms with van der Waals surface area (Å²) in [4.78, 5) is 0. The zero-order valence-corrected chi connectivity index (χ0v) is 11.9. The van der Waals surface area contributed by atoms with Gasteiger partial charge in [0.1, 0.15) is 18.4 Å². The number of nitrogens with one attached hydrogen (secondary N) is 1. The Kier molecular flexibility index (Phi) is 2.52. The number of ether oxygens (including phenoxy) is 2. The van der Waals surface area contributed by atoms with Crippen molar-refractivity contribution in [1.29, 1.82) is 0 Å². The second kappa shape index (κ2) is 9.13. The molecule has 0 aliphatic heterocycles. The predicted octanol–water partition coefficient (Wildman–Crippen LogP) is 2.39. The van der Waals surface area contributed by atoms with Gasteiger partial charge < -0.3 is 19.9 Å². The van der Waals surface area contributed by atoms with Gasteiger partial charge >= 0.3 is 0 Å². The summed E-state index contributed by atoms with van der Waals surface area (Å²) < 4.78 is 124. The van der Waals surface area contributed by atoms with Crippen LogP contribution < -0.4 is 10.1 Å². The molecule has 1 saturated carbocycles. The van der Waals surface area contributed by atoms with E-state index >= 15 is 0 Å². The Morgan fingerprint density at radius 1 is 1.50 bits per heavy atom. The molecule has 0 saturated heterocycles. The van der Waals surface area contributed by atoms with Crippen molar-refractivity contribution >= 4 is 0 Å². The maximum Gasteiger partial charge on any atom is 0.119 e. The summed E-state index contributed by atoms with van der Waals surface area (Å²) in [6.45, 7) is -11.6. The highest BCUT2D eigenvalue weighted by molar-refractivity contribution is 5.27. The minimum Gasteiger partial charge on any atom is -0.491 e. The van der Waals surface area contributed by atoms with Crippen molar-refractivity contribution in [2.24, 2.45) is 5.89 Å². The molecule has 22 heavy (non-hydrogen) atoms. The molecular weight excluding hydrogens is 278 g/mol. The van der Waals surface area contributed by atoms with Crippen molar-refractivity contribution in [3.8, 4) is 5.75 Å². The fourth-order valence-electron chi connectivity index (χ4n) is 1.53. The van der Waals surface area contributed by atoms with Crippen molar-refractivity contribution in [3.63, 3.8) is 0 Å². The molecule has 0 bridgehead atoms. The molecule has 2 N–H and O–H groups in total. The Hall–Kier alpha value is -1.10. The molecule has 1 aromatic carbocycles.